The summed E-state index contributed by atoms with van der Waals surface area (Å²) in [7, 11) is 0. The first-order valence-electron chi connectivity index (χ1n) is 11.9. The van der Waals surface area contributed by atoms with Gasteiger partial charge in [-0.3, -0.25) is 4.90 Å². The smallest absolute Gasteiger partial charge is 0.416 e. The Balaban J connectivity index is 1.21. The lowest BCUT2D eigenvalue weighted by Crippen LogP contribution is -2.51. The number of urea groups is 1. The molecule has 190 valence electrons. The molecule has 4 rings (SSSR count). The molecule has 2 aliphatic rings. The highest BCUT2D eigenvalue weighted by Gasteiger charge is 2.31. The van der Waals surface area contributed by atoms with Crippen molar-refractivity contribution in [2.75, 3.05) is 70.5 Å². The Morgan fingerprint density at radius 3 is 2.46 bits per heavy atom. The van der Waals surface area contributed by atoms with Crippen LogP contribution in [0.5, 0.6) is 5.75 Å². The van der Waals surface area contributed by atoms with Crippen LogP contribution in [0.25, 0.3) is 0 Å². The minimum absolute atomic E-state index is 0.188. The summed E-state index contributed by atoms with van der Waals surface area (Å²) >= 11 is 0. The predicted octanol–water partition coefficient (Wildman–Crippen LogP) is 3.45. The predicted molar refractivity (Wildman–Crippen MR) is 127 cm³/mol. The fourth-order valence-corrected chi connectivity index (χ4v) is 4.20. The molecular formula is C25H31F3N4O3. The van der Waals surface area contributed by atoms with Crippen molar-refractivity contribution in [2.24, 2.45) is 0 Å². The summed E-state index contributed by atoms with van der Waals surface area (Å²) < 4.78 is 50.2. The van der Waals surface area contributed by atoms with Crippen molar-refractivity contribution in [3.63, 3.8) is 0 Å². The van der Waals surface area contributed by atoms with Crippen LogP contribution in [0, 0.1) is 0 Å². The molecule has 1 N–H and O–H groups in total. The zero-order valence-electron chi connectivity index (χ0n) is 19.6. The maximum Gasteiger partial charge on any atom is 0.416 e. The van der Waals surface area contributed by atoms with Crippen LogP contribution in [-0.2, 0) is 17.5 Å². The van der Waals surface area contributed by atoms with Crippen LogP contribution in [0.1, 0.15) is 11.1 Å². The largest absolute Gasteiger partial charge is 0.492 e. The third-order valence-electron chi connectivity index (χ3n) is 6.23. The van der Waals surface area contributed by atoms with Crippen molar-refractivity contribution in [3.05, 3.63) is 59.7 Å². The number of hydrogen-bond acceptors (Lipinski definition) is 5. The van der Waals surface area contributed by atoms with E-state index in [0.29, 0.717) is 45.0 Å². The average molecular weight is 493 g/mol. The summed E-state index contributed by atoms with van der Waals surface area (Å²) in [5.74, 6) is 0.764. The standard InChI is InChI=1S/C25H31F3N4O3/c26-25(27,28)21-4-2-5-22(18-21)31-7-9-32(10-8-31)24(33)29-19-20-3-1-6-23(17-20)35-16-13-30-11-14-34-15-12-30/h1-6,17-18H,7-16,19H2,(H,29,33). The molecule has 2 heterocycles. The molecule has 0 aromatic heterocycles. The number of ether oxygens (including phenoxy) is 2. The number of nitrogens with one attached hydrogen (secondary N) is 1. The van der Waals surface area contributed by atoms with Gasteiger partial charge in [-0.1, -0.05) is 18.2 Å². The van der Waals surface area contributed by atoms with Crippen molar-refractivity contribution < 1.29 is 27.4 Å². The second kappa shape index (κ2) is 11.6. The van der Waals surface area contributed by atoms with Gasteiger partial charge in [-0.25, -0.2) is 4.79 Å². The van der Waals surface area contributed by atoms with E-state index in [4.69, 9.17) is 9.47 Å². The number of alkyl halides is 3. The highest BCUT2D eigenvalue weighted by molar-refractivity contribution is 5.74. The molecule has 0 atom stereocenters. The second-order valence-corrected chi connectivity index (χ2v) is 8.63. The van der Waals surface area contributed by atoms with E-state index < -0.39 is 11.7 Å². The molecule has 10 heteroatoms. The molecule has 0 aliphatic carbocycles. The van der Waals surface area contributed by atoms with Gasteiger partial charge in [0.25, 0.3) is 0 Å². The first-order valence-corrected chi connectivity index (χ1v) is 11.9. The van der Waals surface area contributed by atoms with Gasteiger partial charge in [-0.15, -0.1) is 0 Å². The van der Waals surface area contributed by atoms with Gasteiger partial charge in [0, 0.05) is 58.0 Å². The van der Waals surface area contributed by atoms with Gasteiger partial charge in [-0.2, -0.15) is 13.2 Å². The summed E-state index contributed by atoms with van der Waals surface area (Å²) in [6.45, 7) is 6.98. The minimum Gasteiger partial charge on any atom is -0.492 e. The van der Waals surface area contributed by atoms with Crippen molar-refractivity contribution in [1.29, 1.82) is 0 Å². The molecule has 2 saturated heterocycles. The number of carbonyl (C=O) groups excluding carboxylic acids is 1. The number of anilines is 1. The maximum atomic E-state index is 13.0. The lowest BCUT2D eigenvalue weighted by atomic mass is 10.1. The van der Waals surface area contributed by atoms with Crippen molar-refractivity contribution in [1.82, 2.24) is 15.1 Å². The van der Waals surface area contributed by atoms with E-state index in [1.54, 1.807) is 11.0 Å². The normalized spacial score (nSPS) is 17.3. The van der Waals surface area contributed by atoms with Gasteiger partial charge in [0.05, 0.1) is 18.8 Å². The number of amides is 2. The highest BCUT2D eigenvalue weighted by Crippen LogP contribution is 2.31. The van der Waals surface area contributed by atoms with Crippen molar-refractivity contribution in [2.45, 2.75) is 12.7 Å². The van der Waals surface area contributed by atoms with E-state index in [1.165, 1.54) is 6.07 Å². The number of halogens is 3. The number of nitrogens with zero attached hydrogens (tertiary/aromatic N) is 3. The summed E-state index contributed by atoms with van der Waals surface area (Å²) in [5.41, 5.74) is 0.789. The molecule has 0 saturated carbocycles. The number of hydrogen-bond donors (Lipinski definition) is 1. The molecular weight excluding hydrogens is 461 g/mol. The number of rotatable bonds is 7. The Hall–Kier alpha value is -2.98. The van der Waals surface area contributed by atoms with E-state index >= 15 is 0 Å². The Morgan fingerprint density at radius 2 is 1.71 bits per heavy atom. The Labute approximate surface area is 203 Å². The van der Waals surface area contributed by atoms with Crippen molar-refractivity contribution in [3.8, 4) is 5.75 Å². The van der Waals surface area contributed by atoms with Crippen LogP contribution in [0.2, 0.25) is 0 Å². The quantitative estimate of drug-likeness (QED) is 0.642. The van der Waals surface area contributed by atoms with Gasteiger partial charge in [0.1, 0.15) is 12.4 Å². The van der Waals surface area contributed by atoms with Crippen LogP contribution < -0.4 is 15.0 Å². The van der Waals surface area contributed by atoms with E-state index in [9.17, 15) is 18.0 Å². The van der Waals surface area contributed by atoms with E-state index in [0.717, 1.165) is 56.3 Å². The van der Waals surface area contributed by atoms with Crippen LogP contribution in [-0.4, -0.2) is 81.5 Å². The molecule has 2 aromatic rings. The summed E-state index contributed by atoms with van der Waals surface area (Å²) in [6.07, 6.45) is -4.37. The highest BCUT2D eigenvalue weighted by atomic mass is 19.4. The fourth-order valence-electron chi connectivity index (χ4n) is 4.20. The molecule has 2 amide bonds. The molecule has 2 aromatic carbocycles. The fraction of sp³-hybridized carbons (Fsp3) is 0.480. The van der Waals surface area contributed by atoms with Crippen LogP contribution in [0.4, 0.5) is 23.7 Å². The zero-order valence-corrected chi connectivity index (χ0v) is 19.6. The minimum atomic E-state index is -4.37. The van der Waals surface area contributed by atoms with Gasteiger partial charge in [0.15, 0.2) is 0 Å². The first-order chi connectivity index (χ1) is 16.9. The molecule has 0 bridgehead atoms. The van der Waals surface area contributed by atoms with Crippen molar-refractivity contribution >= 4 is 11.7 Å². The SMILES string of the molecule is O=C(NCc1cccc(OCCN2CCOCC2)c1)N1CCN(c2cccc(C(F)(F)F)c2)CC1. The van der Waals surface area contributed by atoms with Crippen LogP contribution >= 0.6 is 0 Å². The molecule has 7 nitrogen and oxygen atoms in total. The summed E-state index contributed by atoms with van der Waals surface area (Å²) in [5, 5.41) is 2.93. The maximum absolute atomic E-state index is 13.0. The molecule has 0 unspecified atom stereocenters. The number of benzene rings is 2. The number of piperazine rings is 1. The monoisotopic (exact) mass is 492 g/mol. The molecule has 2 fully saturated rings. The molecule has 0 spiro atoms. The zero-order chi connectivity index (χ0) is 24.7. The lowest BCUT2D eigenvalue weighted by molar-refractivity contribution is -0.137. The lowest BCUT2D eigenvalue weighted by Gasteiger charge is -2.36. The van der Waals surface area contributed by atoms with Gasteiger partial charge in [-0.05, 0) is 35.9 Å². The summed E-state index contributed by atoms with van der Waals surface area (Å²) in [6, 6.07) is 12.8. The number of carbonyl (C=O) groups is 1. The van der Waals surface area contributed by atoms with E-state index in [-0.39, 0.29) is 6.03 Å². The Morgan fingerprint density at radius 1 is 0.971 bits per heavy atom. The van der Waals surface area contributed by atoms with Gasteiger partial charge in [0.2, 0.25) is 0 Å². The number of morpholine rings is 1. The van der Waals surface area contributed by atoms with E-state index in [1.807, 2.05) is 29.2 Å². The third kappa shape index (κ3) is 7.25. The van der Waals surface area contributed by atoms with Crippen LogP contribution in [0.3, 0.4) is 0 Å². The van der Waals surface area contributed by atoms with Gasteiger partial charge >= 0.3 is 12.2 Å². The topological polar surface area (TPSA) is 57.3 Å². The molecule has 0 radical (unpaired) electrons. The average Bonchev–Trinajstić information content (AvgIpc) is 2.88. The summed E-state index contributed by atoms with van der Waals surface area (Å²) in [4.78, 5) is 18.5. The first kappa shape index (κ1) is 25.1. The Kier molecular flexibility index (Phi) is 8.35. The van der Waals surface area contributed by atoms with Gasteiger partial charge < -0.3 is 24.6 Å². The van der Waals surface area contributed by atoms with E-state index in [2.05, 4.69) is 10.2 Å². The van der Waals surface area contributed by atoms with Crippen LogP contribution in [0.15, 0.2) is 48.5 Å². The molecule has 35 heavy (non-hydrogen) atoms. The molecule has 2 aliphatic heterocycles. The Bertz CT molecular complexity index is 974. The second-order valence-electron chi connectivity index (χ2n) is 8.63. The third-order valence-corrected chi connectivity index (χ3v) is 6.23.